The molecule has 4 aromatic carbocycles. The van der Waals surface area contributed by atoms with Gasteiger partial charge in [-0.05, 0) is 10.1 Å². The Morgan fingerprint density at radius 1 is 0.405 bits per heavy atom. The molecule has 4 aromatic rings. The summed E-state index contributed by atoms with van der Waals surface area (Å²) in [5.41, 5.74) is 0. The Balaban J connectivity index is 1.84. The third-order valence-electron chi connectivity index (χ3n) is 8.26. The third kappa shape index (κ3) is 5.18. The monoisotopic (exact) mass is 522 g/mol. The number of hydrogen-bond donors (Lipinski definition) is 0. The Labute approximate surface area is 226 Å². The van der Waals surface area contributed by atoms with Gasteiger partial charge in [0.15, 0.2) is 0 Å². The Kier molecular flexibility index (Phi) is 8.08. The van der Waals surface area contributed by atoms with Crippen molar-refractivity contribution in [3.63, 3.8) is 0 Å². The van der Waals surface area contributed by atoms with Gasteiger partial charge in [-0.1, -0.05) is 184 Å². The van der Waals surface area contributed by atoms with Crippen molar-refractivity contribution >= 4 is 36.9 Å². The lowest BCUT2D eigenvalue weighted by Gasteiger charge is -2.47. The van der Waals surface area contributed by atoms with Gasteiger partial charge in [-0.15, -0.1) is 0 Å². The van der Waals surface area contributed by atoms with Gasteiger partial charge in [-0.2, -0.15) is 0 Å². The molecule has 0 heterocycles. The molecule has 0 aliphatic carbocycles. The van der Waals surface area contributed by atoms with Gasteiger partial charge in [0, 0.05) is 12.5 Å². The molecule has 4 rings (SSSR count). The fourth-order valence-corrected chi connectivity index (χ4v) is 15.8. The standard InChI is InChI=1S/C34H42OSi2/c1-33(2,3)36(29-19-11-7-12-20-29,30-21-13-8-14-22-30)27-35-28-37(34(4,5)6,31-23-15-9-16-24-31)32-25-17-10-18-26-32/h7-26H,27-28H2,1-6H3. The van der Waals surface area contributed by atoms with Crippen LogP contribution in [0.5, 0.6) is 0 Å². The summed E-state index contributed by atoms with van der Waals surface area (Å²) < 4.78 is 7.16. The molecule has 0 aliphatic heterocycles. The SMILES string of the molecule is CC(C)(C)[Si](COC[Si](c1ccccc1)(c1ccccc1)C(C)(C)C)(c1ccccc1)c1ccccc1. The fourth-order valence-electron chi connectivity index (χ4n) is 6.08. The van der Waals surface area contributed by atoms with E-state index in [2.05, 4.69) is 163 Å². The van der Waals surface area contributed by atoms with Gasteiger partial charge in [0.25, 0.3) is 0 Å². The zero-order valence-corrected chi connectivity index (χ0v) is 25.4. The van der Waals surface area contributed by atoms with E-state index in [-0.39, 0.29) is 10.1 Å². The molecule has 0 atom stereocenters. The van der Waals surface area contributed by atoms with E-state index in [0.717, 1.165) is 12.5 Å². The highest BCUT2D eigenvalue weighted by Gasteiger charge is 2.51. The average molecular weight is 523 g/mol. The van der Waals surface area contributed by atoms with Crippen LogP contribution < -0.4 is 20.7 Å². The summed E-state index contributed by atoms with van der Waals surface area (Å²) in [4.78, 5) is 0. The lowest BCUT2D eigenvalue weighted by molar-refractivity contribution is 0.214. The van der Waals surface area contributed by atoms with Crippen LogP contribution >= 0.6 is 0 Å². The normalized spacial score (nSPS) is 12.9. The maximum atomic E-state index is 7.16. The summed E-state index contributed by atoms with van der Waals surface area (Å²) in [6.45, 7) is 14.4. The fraction of sp³-hybridized carbons (Fsp3) is 0.294. The van der Waals surface area contributed by atoms with Crippen molar-refractivity contribution in [1.82, 2.24) is 0 Å². The van der Waals surface area contributed by atoms with Crippen LogP contribution in [0.2, 0.25) is 10.1 Å². The van der Waals surface area contributed by atoms with Crippen molar-refractivity contribution in [2.45, 2.75) is 51.6 Å². The maximum absolute atomic E-state index is 7.16. The van der Waals surface area contributed by atoms with Crippen LogP contribution in [0.15, 0.2) is 121 Å². The van der Waals surface area contributed by atoms with Gasteiger partial charge in [0.2, 0.25) is 0 Å². The summed E-state index contributed by atoms with van der Waals surface area (Å²) in [6, 6.07) is 44.6. The molecule has 37 heavy (non-hydrogen) atoms. The summed E-state index contributed by atoms with van der Waals surface area (Å²) >= 11 is 0. The molecule has 0 spiro atoms. The molecule has 0 aliphatic rings. The zero-order chi connectivity index (χ0) is 26.6. The first-order chi connectivity index (χ1) is 17.6. The van der Waals surface area contributed by atoms with Crippen molar-refractivity contribution < 1.29 is 4.74 Å². The van der Waals surface area contributed by atoms with Gasteiger partial charge < -0.3 is 4.74 Å². The molecule has 1 nitrogen and oxygen atoms in total. The van der Waals surface area contributed by atoms with Crippen LogP contribution in [0.3, 0.4) is 0 Å². The molecule has 0 aromatic heterocycles. The average Bonchev–Trinajstić information content (AvgIpc) is 2.89. The third-order valence-corrected chi connectivity index (χ3v) is 19.9. The molecule has 0 amide bonds. The Hall–Kier alpha value is -2.73. The summed E-state index contributed by atoms with van der Waals surface area (Å²) in [5, 5.41) is 5.90. The first kappa shape index (κ1) is 27.3. The van der Waals surface area contributed by atoms with Crippen LogP contribution in [-0.2, 0) is 4.74 Å². The molecule has 0 saturated heterocycles. The van der Waals surface area contributed by atoms with Gasteiger partial charge in [0.05, 0.1) is 0 Å². The molecule has 0 N–H and O–H groups in total. The predicted octanol–water partition coefficient (Wildman–Crippen LogP) is 6.21. The van der Waals surface area contributed by atoms with Crippen LogP contribution in [0, 0.1) is 0 Å². The molecular weight excluding hydrogens is 481 g/mol. The van der Waals surface area contributed by atoms with E-state index >= 15 is 0 Å². The molecule has 0 radical (unpaired) electrons. The number of hydrogen-bond acceptors (Lipinski definition) is 1. The van der Waals surface area contributed by atoms with E-state index in [1.54, 1.807) is 0 Å². The summed E-state index contributed by atoms with van der Waals surface area (Å²) in [5.74, 6) is 0. The van der Waals surface area contributed by atoms with Crippen molar-refractivity contribution in [2.24, 2.45) is 0 Å². The van der Waals surface area contributed by atoms with E-state index < -0.39 is 16.1 Å². The lowest BCUT2D eigenvalue weighted by atomic mass is 10.2. The molecule has 0 bridgehead atoms. The zero-order valence-electron chi connectivity index (χ0n) is 23.4. The maximum Gasteiger partial charge on any atom is 0.150 e. The largest absolute Gasteiger partial charge is 0.386 e. The summed E-state index contributed by atoms with van der Waals surface area (Å²) in [7, 11) is -4.62. The minimum Gasteiger partial charge on any atom is -0.386 e. The predicted molar refractivity (Wildman–Crippen MR) is 166 cm³/mol. The van der Waals surface area contributed by atoms with E-state index in [4.69, 9.17) is 4.74 Å². The topological polar surface area (TPSA) is 9.23 Å². The second-order valence-corrected chi connectivity index (χ2v) is 21.8. The van der Waals surface area contributed by atoms with Gasteiger partial charge in [-0.25, -0.2) is 0 Å². The first-order valence-electron chi connectivity index (χ1n) is 13.4. The first-order valence-corrected chi connectivity index (χ1v) is 17.8. The van der Waals surface area contributed by atoms with E-state index in [1.807, 2.05) is 0 Å². The quantitative estimate of drug-likeness (QED) is 0.250. The molecule has 0 fully saturated rings. The van der Waals surface area contributed by atoms with Crippen LogP contribution in [0.4, 0.5) is 0 Å². The number of ether oxygens (including phenoxy) is 1. The van der Waals surface area contributed by atoms with Crippen molar-refractivity contribution in [3.8, 4) is 0 Å². The lowest BCUT2D eigenvalue weighted by Crippen LogP contribution is -2.70. The molecule has 192 valence electrons. The van der Waals surface area contributed by atoms with Crippen molar-refractivity contribution in [3.05, 3.63) is 121 Å². The van der Waals surface area contributed by atoms with Crippen molar-refractivity contribution in [1.29, 1.82) is 0 Å². The Morgan fingerprint density at radius 2 is 0.622 bits per heavy atom. The second kappa shape index (κ2) is 10.9. The summed E-state index contributed by atoms with van der Waals surface area (Å²) in [6.07, 6.45) is 1.52. The highest BCUT2D eigenvalue weighted by Crippen LogP contribution is 2.38. The van der Waals surface area contributed by atoms with Gasteiger partial charge in [0.1, 0.15) is 16.1 Å². The minimum absolute atomic E-state index is 0.0706. The number of benzene rings is 4. The van der Waals surface area contributed by atoms with Gasteiger partial charge >= 0.3 is 0 Å². The van der Waals surface area contributed by atoms with E-state index in [1.165, 1.54) is 20.7 Å². The Morgan fingerprint density at radius 3 is 0.811 bits per heavy atom. The van der Waals surface area contributed by atoms with Crippen LogP contribution in [-0.4, -0.2) is 28.6 Å². The second-order valence-electron chi connectivity index (χ2n) is 12.3. The van der Waals surface area contributed by atoms with E-state index in [9.17, 15) is 0 Å². The molecule has 3 heteroatoms. The van der Waals surface area contributed by atoms with Gasteiger partial charge in [-0.3, -0.25) is 0 Å². The van der Waals surface area contributed by atoms with Crippen LogP contribution in [0.1, 0.15) is 41.5 Å². The number of rotatable bonds is 8. The van der Waals surface area contributed by atoms with Crippen LogP contribution in [0.25, 0.3) is 0 Å². The highest BCUT2D eigenvalue weighted by molar-refractivity contribution is 7.05. The smallest absolute Gasteiger partial charge is 0.150 e. The van der Waals surface area contributed by atoms with E-state index in [0.29, 0.717) is 0 Å². The molecule has 0 saturated carbocycles. The van der Waals surface area contributed by atoms with Crippen molar-refractivity contribution in [2.75, 3.05) is 12.5 Å². The highest BCUT2D eigenvalue weighted by atomic mass is 28.3. The molecular formula is C34H42OSi2. The molecule has 0 unspecified atom stereocenters. The minimum atomic E-state index is -2.31. The Bertz CT molecular complexity index is 1060.